The van der Waals surface area contributed by atoms with Gasteiger partial charge in [0.1, 0.15) is 0 Å². The number of amides is 1. The van der Waals surface area contributed by atoms with Gasteiger partial charge in [-0.25, -0.2) is 8.42 Å². The van der Waals surface area contributed by atoms with Gasteiger partial charge in [0.15, 0.2) is 9.84 Å². The molecule has 0 bridgehead atoms. The molecular weight excluding hydrogens is 240 g/mol. The fourth-order valence-electron chi connectivity index (χ4n) is 2.50. The van der Waals surface area contributed by atoms with Gasteiger partial charge in [0.2, 0.25) is 5.91 Å². The van der Waals surface area contributed by atoms with Crippen molar-refractivity contribution >= 4 is 15.7 Å². The van der Waals surface area contributed by atoms with Crippen LogP contribution in [0.15, 0.2) is 0 Å². The van der Waals surface area contributed by atoms with Gasteiger partial charge < -0.3 is 4.90 Å². The van der Waals surface area contributed by atoms with Gasteiger partial charge in [-0.3, -0.25) is 10.1 Å². The smallest absolute Gasteiger partial charge is 0.243 e. The molecule has 0 aliphatic carbocycles. The third kappa shape index (κ3) is 2.20. The predicted octanol–water partition coefficient (Wildman–Crippen LogP) is 0.122. The Kier molecular flexibility index (Phi) is 3.20. The molecule has 0 aromatic carbocycles. The Morgan fingerprint density at radius 3 is 2.71 bits per heavy atom. The second-order valence-corrected chi connectivity index (χ2v) is 7.58. The summed E-state index contributed by atoms with van der Waals surface area (Å²) < 4.78 is 23.5. The van der Waals surface area contributed by atoms with Crippen molar-refractivity contribution in [3.63, 3.8) is 0 Å². The minimum Gasteiger partial charge on any atom is -0.327 e. The van der Waals surface area contributed by atoms with Crippen molar-refractivity contribution in [2.45, 2.75) is 43.9 Å². The van der Waals surface area contributed by atoms with E-state index in [9.17, 15) is 13.2 Å². The van der Waals surface area contributed by atoms with Crippen molar-refractivity contribution in [1.29, 1.82) is 0 Å². The largest absolute Gasteiger partial charge is 0.327 e. The van der Waals surface area contributed by atoms with E-state index in [0.717, 1.165) is 12.8 Å². The summed E-state index contributed by atoms with van der Waals surface area (Å²) in [7, 11) is -2.96. The van der Waals surface area contributed by atoms with Crippen molar-refractivity contribution < 1.29 is 13.2 Å². The molecule has 98 valence electrons. The predicted molar refractivity (Wildman–Crippen MR) is 65.2 cm³/mol. The molecule has 0 aromatic rings. The standard InChI is InChI=1S/C11H20N2O3S/c1-3-11(2)10(14)13(8-12-11)7-9-5-4-6-17(9,15)16/h9,12H,3-8H2,1-2H3. The highest BCUT2D eigenvalue weighted by atomic mass is 32.2. The van der Waals surface area contributed by atoms with Crippen LogP contribution in [-0.2, 0) is 14.6 Å². The molecule has 1 amide bonds. The molecule has 0 radical (unpaired) electrons. The summed E-state index contributed by atoms with van der Waals surface area (Å²) in [5, 5.41) is 2.81. The number of nitrogens with zero attached hydrogens (tertiary/aromatic N) is 1. The van der Waals surface area contributed by atoms with Gasteiger partial charge >= 0.3 is 0 Å². The van der Waals surface area contributed by atoms with Crippen molar-refractivity contribution in [3.05, 3.63) is 0 Å². The molecule has 0 spiro atoms. The number of hydrogen-bond acceptors (Lipinski definition) is 4. The second kappa shape index (κ2) is 4.24. The SMILES string of the molecule is CCC1(C)NCN(CC2CCCS2(=O)=O)C1=O. The first-order valence-electron chi connectivity index (χ1n) is 6.15. The molecule has 2 saturated heterocycles. The van der Waals surface area contributed by atoms with Crippen LogP contribution in [0.2, 0.25) is 0 Å². The molecule has 2 atom stereocenters. The molecule has 1 N–H and O–H groups in total. The molecule has 2 aliphatic heterocycles. The summed E-state index contributed by atoms with van der Waals surface area (Å²) in [5.41, 5.74) is -0.512. The number of sulfone groups is 1. The van der Waals surface area contributed by atoms with Gasteiger partial charge in [-0.2, -0.15) is 0 Å². The molecule has 6 heteroatoms. The highest BCUT2D eigenvalue weighted by Gasteiger charge is 2.43. The van der Waals surface area contributed by atoms with Crippen LogP contribution in [0.3, 0.4) is 0 Å². The molecular formula is C11H20N2O3S. The van der Waals surface area contributed by atoms with Crippen molar-refractivity contribution in [3.8, 4) is 0 Å². The lowest BCUT2D eigenvalue weighted by Crippen LogP contribution is -2.44. The fourth-order valence-corrected chi connectivity index (χ4v) is 4.33. The van der Waals surface area contributed by atoms with Crippen molar-refractivity contribution in [2.75, 3.05) is 19.0 Å². The van der Waals surface area contributed by atoms with Gasteiger partial charge in [-0.05, 0) is 26.2 Å². The van der Waals surface area contributed by atoms with E-state index >= 15 is 0 Å². The van der Waals surface area contributed by atoms with E-state index < -0.39 is 15.4 Å². The van der Waals surface area contributed by atoms with Crippen LogP contribution in [0.4, 0.5) is 0 Å². The Bertz CT molecular complexity index is 420. The molecule has 0 saturated carbocycles. The maximum atomic E-state index is 12.1. The Labute approximate surface area is 102 Å². The monoisotopic (exact) mass is 260 g/mol. The van der Waals surface area contributed by atoms with Gasteiger partial charge in [0.05, 0.1) is 23.2 Å². The van der Waals surface area contributed by atoms with Crippen LogP contribution in [0.1, 0.15) is 33.1 Å². The van der Waals surface area contributed by atoms with Crippen LogP contribution in [-0.4, -0.2) is 49.0 Å². The zero-order valence-electron chi connectivity index (χ0n) is 10.4. The number of hydrogen-bond donors (Lipinski definition) is 1. The summed E-state index contributed by atoms with van der Waals surface area (Å²) >= 11 is 0. The van der Waals surface area contributed by atoms with Crippen LogP contribution < -0.4 is 5.32 Å². The Morgan fingerprint density at radius 1 is 1.53 bits per heavy atom. The minimum atomic E-state index is -2.96. The van der Waals surface area contributed by atoms with E-state index in [1.807, 2.05) is 13.8 Å². The Hall–Kier alpha value is -0.620. The van der Waals surface area contributed by atoms with E-state index in [4.69, 9.17) is 0 Å². The molecule has 0 aromatic heterocycles. The molecule has 17 heavy (non-hydrogen) atoms. The lowest BCUT2D eigenvalue weighted by atomic mass is 9.99. The Balaban J connectivity index is 2.05. The van der Waals surface area contributed by atoms with Crippen LogP contribution in [0.5, 0.6) is 0 Å². The quantitative estimate of drug-likeness (QED) is 0.783. The first kappa shape index (κ1) is 12.8. The fraction of sp³-hybridized carbons (Fsp3) is 0.909. The van der Waals surface area contributed by atoms with E-state index in [0.29, 0.717) is 19.6 Å². The van der Waals surface area contributed by atoms with E-state index in [-0.39, 0.29) is 16.9 Å². The lowest BCUT2D eigenvalue weighted by molar-refractivity contribution is -0.132. The zero-order chi connectivity index (χ0) is 12.7. The first-order valence-corrected chi connectivity index (χ1v) is 7.86. The molecule has 2 unspecified atom stereocenters. The third-order valence-corrected chi connectivity index (χ3v) is 6.27. The van der Waals surface area contributed by atoms with Gasteiger partial charge in [-0.1, -0.05) is 6.92 Å². The lowest BCUT2D eigenvalue weighted by Gasteiger charge is -2.22. The normalized spacial score (nSPS) is 36.7. The van der Waals surface area contributed by atoms with Crippen LogP contribution >= 0.6 is 0 Å². The summed E-state index contributed by atoms with van der Waals surface area (Å²) in [6, 6.07) is 0. The first-order chi connectivity index (χ1) is 7.89. The summed E-state index contributed by atoms with van der Waals surface area (Å²) in [6.07, 6.45) is 2.14. The maximum Gasteiger partial charge on any atom is 0.243 e. The van der Waals surface area contributed by atoms with Gasteiger partial charge in [-0.15, -0.1) is 0 Å². The van der Waals surface area contributed by atoms with Crippen LogP contribution in [0.25, 0.3) is 0 Å². The minimum absolute atomic E-state index is 0.0297. The molecule has 2 rings (SSSR count). The number of rotatable bonds is 3. The third-order valence-electron chi connectivity index (χ3n) is 4.01. The number of nitrogens with one attached hydrogen (secondary N) is 1. The van der Waals surface area contributed by atoms with E-state index in [2.05, 4.69) is 5.32 Å². The van der Waals surface area contributed by atoms with Crippen LogP contribution in [0, 0.1) is 0 Å². The van der Waals surface area contributed by atoms with E-state index in [1.165, 1.54) is 0 Å². The molecule has 5 nitrogen and oxygen atoms in total. The van der Waals surface area contributed by atoms with Crippen molar-refractivity contribution in [1.82, 2.24) is 10.2 Å². The summed E-state index contributed by atoms with van der Waals surface area (Å²) in [4.78, 5) is 13.8. The Morgan fingerprint density at radius 2 is 2.24 bits per heavy atom. The van der Waals surface area contributed by atoms with Gasteiger partial charge in [0, 0.05) is 6.54 Å². The second-order valence-electron chi connectivity index (χ2n) is 5.18. The average molecular weight is 260 g/mol. The summed E-state index contributed by atoms with van der Waals surface area (Å²) in [5.74, 6) is 0.306. The number of carbonyl (C=O) groups excluding carboxylic acids is 1. The summed E-state index contributed by atoms with van der Waals surface area (Å²) in [6.45, 7) is 4.65. The molecule has 2 aliphatic rings. The topological polar surface area (TPSA) is 66.5 Å². The molecule has 2 fully saturated rings. The number of carbonyl (C=O) groups is 1. The average Bonchev–Trinajstić information content (AvgIpc) is 2.75. The van der Waals surface area contributed by atoms with Gasteiger partial charge in [0.25, 0.3) is 0 Å². The van der Waals surface area contributed by atoms with E-state index in [1.54, 1.807) is 4.90 Å². The highest BCUT2D eigenvalue weighted by molar-refractivity contribution is 7.92. The zero-order valence-corrected chi connectivity index (χ0v) is 11.2. The molecule has 2 heterocycles. The maximum absolute atomic E-state index is 12.1. The highest BCUT2D eigenvalue weighted by Crippen LogP contribution is 2.24. The van der Waals surface area contributed by atoms with Crippen molar-refractivity contribution in [2.24, 2.45) is 0 Å².